The molecular formula is C13H15N3O. The molecule has 1 aromatic heterocycles. The van der Waals surface area contributed by atoms with Crippen molar-refractivity contribution < 1.29 is 4.74 Å². The van der Waals surface area contributed by atoms with Crippen LogP contribution in [0.1, 0.15) is 16.8 Å². The number of fused-ring (bicyclic) bond motifs is 1. The Bertz CT molecular complexity index is 516. The highest BCUT2D eigenvalue weighted by Gasteiger charge is 2.16. The molecule has 4 heteroatoms. The normalized spacial score (nSPS) is 14.6. The third-order valence-corrected chi connectivity index (χ3v) is 3.13. The SMILES string of the molecule is NCc1ccc(-n2ncc3c2COCC3)cc1. The fourth-order valence-electron chi connectivity index (χ4n) is 2.12. The molecule has 0 atom stereocenters. The molecule has 0 fully saturated rings. The summed E-state index contributed by atoms with van der Waals surface area (Å²) in [7, 11) is 0. The Kier molecular flexibility index (Phi) is 2.66. The Hall–Kier alpha value is -1.65. The third kappa shape index (κ3) is 1.85. The van der Waals surface area contributed by atoms with Crippen LogP contribution in [0.15, 0.2) is 30.5 Å². The predicted molar refractivity (Wildman–Crippen MR) is 64.8 cm³/mol. The number of hydrogen-bond acceptors (Lipinski definition) is 3. The number of nitrogens with two attached hydrogens (primary N) is 1. The summed E-state index contributed by atoms with van der Waals surface area (Å²) in [5, 5.41) is 4.43. The molecule has 0 saturated heterocycles. The molecule has 0 aliphatic carbocycles. The molecule has 0 unspecified atom stereocenters. The van der Waals surface area contributed by atoms with Crippen LogP contribution >= 0.6 is 0 Å². The molecule has 1 aliphatic rings. The van der Waals surface area contributed by atoms with E-state index in [1.165, 1.54) is 5.56 Å². The minimum Gasteiger partial charge on any atom is -0.375 e. The molecule has 0 saturated carbocycles. The number of nitrogens with zero attached hydrogens (tertiary/aromatic N) is 2. The van der Waals surface area contributed by atoms with Crippen molar-refractivity contribution in [3.63, 3.8) is 0 Å². The van der Waals surface area contributed by atoms with Gasteiger partial charge in [-0.1, -0.05) is 12.1 Å². The molecule has 3 rings (SSSR count). The Morgan fingerprint density at radius 3 is 2.88 bits per heavy atom. The van der Waals surface area contributed by atoms with Gasteiger partial charge in [-0.05, 0) is 29.7 Å². The molecule has 0 spiro atoms. The summed E-state index contributed by atoms with van der Waals surface area (Å²) in [5.41, 5.74) is 10.2. The van der Waals surface area contributed by atoms with Gasteiger partial charge in [0.05, 0.1) is 30.8 Å². The standard InChI is InChI=1S/C13H15N3O/c14-7-10-1-3-12(4-2-10)16-13-9-17-6-5-11(13)8-15-16/h1-4,8H,5-7,9,14H2. The van der Waals surface area contributed by atoms with E-state index in [0.29, 0.717) is 13.2 Å². The summed E-state index contributed by atoms with van der Waals surface area (Å²) in [6.45, 7) is 2.01. The maximum Gasteiger partial charge on any atom is 0.0892 e. The first kappa shape index (κ1) is 10.5. The fourth-order valence-corrected chi connectivity index (χ4v) is 2.12. The zero-order valence-electron chi connectivity index (χ0n) is 9.60. The second kappa shape index (κ2) is 4.31. The van der Waals surface area contributed by atoms with Gasteiger partial charge >= 0.3 is 0 Å². The first-order valence-electron chi connectivity index (χ1n) is 5.81. The van der Waals surface area contributed by atoms with Crippen LogP contribution in [0, 0.1) is 0 Å². The third-order valence-electron chi connectivity index (χ3n) is 3.13. The summed E-state index contributed by atoms with van der Waals surface area (Å²) < 4.78 is 7.43. The highest BCUT2D eigenvalue weighted by atomic mass is 16.5. The lowest BCUT2D eigenvalue weighted by molar-refractivity contribution is 0.106. The minimum absolute atomic E-state index is 0.570. The zero-order chi connectivity index (χ0) is 11.7. The highest BCUT2D eigenvalue weighted by molar-refractivity contribution is 5.37. The van der Waals surface area contributed by atoms with Crippen LogP contribution in [0.5, 0.6) is 0 Å². The maximum atomic E-state index is 5.59. The predicted octanol–water partition coefficient (Wildman–Crippen LogP) is 1.40. The summed E-state index contributed by atoms with van der Waals surface area (Å²) in [5.74, 6) is 0. The number of aromatic nitrogens is 2. The van der Waals surface area contributed by atoms with E-state index >= 15 is 0 Å². The summed E-state index contributed by atoms with van der Waals surface area (Å²) in [4.78, 5) is 0. The van der Waals surface area contributed by atoms with Gasteiger partial charge in [0.25, 0.3) is 0 Å². The van der Waals surface area contributed by atoms with Crippen molar-refractivity contribution >= 4 is 0 Å². The Morgan fingerprint density at radius 1 is 1.29 bits per heavy atom. The van der Waals surface area contributed by atoms with Gasteiger partial charge in [-0.2, -0.15) is 5.10 Å². The summed E-state index contributed by atoms with van der Waals surface area (Å²) >= 11 is 0. The van der Waals surface area contributed by atoms with Crippen molar-refractivity contribution in [1.29, 1.82) is 0 Å². The molecule has 88 valence electrons. The topological polar surface area (TPSA) is 53.1 Å². The lowest BCUT2D eigenvalue weighted by atomic mass is 10.1. The quantitative estimate of drug-likeness (QED) is 0.847. The molecule has 2 N–H and O–H groups in total. The number of rotatable bonds is 2. The number of ether oxygens (including phenoxy) is 1. The Labute approximate surface area is 100 Å². The lowest BCUT2D eigenvalue weighted by Gasteiger charge is -2.14. The van der Waals surface area contributed by atoms with Gasteiger partial charge in [0.15, 0.2) is 0 Å². The molecule has 1 aliphatic heterocycles. The van der Waals surface area contributed by atoms with Crippen LogP contribution in [-0.2, 0) is 24.3 Å². The van der Waals surface area contributed by atoms with E-state index in [-0.39, 0.29) is 0 Å². The van der Waals surface area contributed by atoms with Gasteiger partial charge in [0.1, 0.15) is 0 Å². The van der Waals surface area contributed by atoms with Crippen molar-refractivity contribution in [1.82, 2.24) is 9.78 Å². The average molecular weight is 229 g/mol. The van der Waals surface area contributed by atoms with E-state index in [4.69, 9.17) is 10.5 Å². The Balaban J connectivity index is 2.00. The molecule has 2 aromatic rings. The Morgan fingerprint density at radius 2 is 2.12 bits per heavy atom. The van der Waals surface area contributed by atoms with E-state index in [9.17, 15) is 0 Å². The van der Waals surface area contributed by atoms with Crippen LogP contribution < -0.4 is 5.73 Å². The highest BCUT2D eigenvalue weighted by Crippen LogP contribution is 2.20. The molecule has 0 amide bonds. The monoisotopic (exact) mass is 229 g/mol. The van der Waals surface area contributed by atoms with Gasteiger partial charge in [0, 0.05) is 6.54 Å². The molecule has 17 heavy (non-hydrogen) atoms. The molecule has 1 aromatic carbocycles. The van der Waals surface area contributed by atoms with E-state index in [0.717, 1.165) is 30.0 Å². The lowest BCUT2D eigenvalue weighted by Crippen LogP contribution is -2.12. The largest absolute Gasteiger partial charge is 0.375 e. The average Bonchev–Trinajstić information content (AvgIpc) is 2.83. The van der Waals surface area contributed by atoms with Gasteiger partial charge in [-0.3, -0.25) is 0 Å². The molecular weight excluding hydrogens is 214 g/mol. The van der Waals surface area contributed by atoms with Crippen LogP contribution in [0.4, 0.5) is 0 Å². The second-order valence-corrected chi connectivity index (χ2v) is 4.20. The van der Waals surface area contributed by atoms with Crippen molar-refractivity contribution in [3.05, 3.63) is 47.3 Å². The van der Waals surface area contributed by atoms with Crippen LogP contribution in [0.3, 0.4) is 0 Å². The first-order chi connectivity index (χ1) is 8.38. The van der Waals surface area contributed by atoms with Crippen molar-refractivity contribution in [2.24, 2.45) is 5.73 Å². The van der Waals surface area contributed by atoms with Crippen molar-refractivity contribution in [2.45, 2.75) is 19.6 Å². The smallest absolute Gasteiger partial charge is 0.0892 e. The van der Waals surface area contributed by atoms with E-state index in [1.54, 1.807) is 0 Å². The number of hydrogen-bond donors (Lipinski definition) is 1. The van der Waals surface area contributed by atoms with Crippen molar-refractivity contribution in [3.8, 4) is 5.69 Å². The first-order valence-corrected chi connectivity index (χ1v) is 5.81. The second-order valence-electron chi connectivity index (χ2n) is 4.20. The summed E-state index contributed by atoms with van der Waals surface area (Å²) in [6, 6.07) is 8.16. The molecule has 2 heterocycles. The van der Waals surface area contributed by atoms with Gasteiger partial charge in [-0.15, -0.1) is 0 Å². The number of benzene rings is 1. The van der Waals surface area contributed by atoms with Crippen molar-refractivity contribution in [2.75, 3.05) is 6.61 Å². The van der Waals surface area contributed by atoms with Crippen LogP contribution in [0.25, 0.3) is 5.69 Å². The molecule has 0 bridgehead atoms. The van der Waals surface area contributed by atoms with Gasteiger partial charge in [0.2, 0.25) is 0 Å². The maximum absolute atomic E-state index is 5.59. The van der Waals surface area contributed by atoms with Gasteiger partial charge in [-0.25, -0.2) is 4.68 Å². The minimum atomic E-state index is 0.570. The van der Waals surface area contributed by atoms with Gasteiger partial charge < -0.3 is 10.5 Å². The van der Waals surface area contributed by atoms with E-state index in [1.807, 2.05) is 35.1 Å². The molecule has 4 nitrogen and oxygen atoms in total. The molecule has 0 radical (unpaired) electrons. The fraction of sp³-hybridized carbons (Fsp3) is 0.308. The van der Waals surface area contributed by atoms with E-state index in [2.05, 4.69) is 5.10 Å². The zero-order valence-corrected chi connectivity index (χ0v) is 9.60. The van der Waals surface area contributed by atoms with E-state index < -0.39 is 0 Å². The van der Waals surface area contributed by atoms with Crippen LogP contribution in [0.2, 0.25) is 0 Å². The van der Waals surface area contributed by atoms with Crippen LogP contribution in [-0.4, -0.2) is 16.4 Å². The summed E-state index contributed by atoms with van der Waals surface area (Å²) in [6.07, 6.45) is 2.89.